The molecule has 0 aromatic carbocycles. The predicted octanol–water partition coefficient (Wildman–Crippen LogP) is 5.95. The molecule has 0 aliphatic heterocycles. The minimum Gasteiger partial charge on any atom is -0.465 e. The van der Waals surface area contributed by atoms with Crippen LogP contribution >= 0.6 is 0 Å². The molecule has 0 unspecified atom stereocenters. The Morgan fingerprint density at radius 3 is 2.04 bits per heavy atom. The van der Waals surface area contributed by atoms with Gasteiger partial charge in [-0.15, -0.1) is 0 Å². The van der Waals surface area contributed by atoms with Crippen molar-refractivity contribution in [2.24, 2.45) is 16.7 Å². The Balaban J connectivity index is 0.00000254. The standard InChI is InChI=1S/C19H34O3.C2H6/c1-6-18(2,3)17(21)22-14-10-13-16(20)19(4,5)15-11-8-7-9-12-15;1-2/h15H,6-14H2,1-5H3;1-2H3. The summed E-state index contributed by atoms with van der Waals surface area (Å²) in [5.41, 5.74) is -0.654. The summed E-state index contributed by atoms with van der Waals surface area (Å²) in [6.07, 6.45) is 8.10. The van der Waals surface area contributed by atoms with E-state index in [-0.39, 0.29) is 11.4 Å². The van der Waals surface area contributed by atoms with E-state index >= 15 is 0 Å². The summed E-state index contributed by atoms with van der Waals surface area (Å²) in [6.45, 7) is 14.3. The van der Waals surface area contributed by atoms with Gasteiger partial charge in [0.15, 0.2) is 0 Å². The smallest absolute Gasteiger partial charge is 0.311 e. The van der Waals surface area contributed by atoms with Gasteiger partial charge in [0.05, 0.1) is 12.0 Å². The maximum Gasteiger partial charge on any atom is 0.311 e. The SMILES string of the molecule is CC.CCC(C)(C)C(=O)OCCCC(=O)C(C)(C)C1CCCCC1. The van der Waals surface area contributed by atoms with E-state index in [4.69, 9.17) is 4.74 Å². The van der Waals surface area contributed by atoms with E-state index < -0.39 is 5.41 Å². The van der Waals surface area contributed by atoms with Crippen LogP contribution in [0.5, 0.6) is 0 Å². The zero-order valence-corrected chi connectivity index (χ0v) is 17.2. The summed E-state index contributed by atoms with van der Waals surface area (Å²) in [5, 5.41) is 0. The second-order valence-corrected chi connectivity index (χ2v) is 7.96. The summed E-state index contributed by atoms with van der Waals surface area (Å²) in [4.78, 5) is 24.4. The normalized spacial score (nSPS) is 16.1. The van der Waals surface area contributed by atoms with Gasteiger partial charge in [-0.05, 0) is 45.4 Å². The predicted molar refractivity (Wildman–Crippen MR) is 101 cm³/mol. The molecule has 142 valence electrons. The van der Waals surface area contributed by atoms with Crippen molar-refractivity contribution in [1.29, 1.82) is 0 Å². The molecule has 1 fully saturated rings. The van der Waals surface area contributed by atoms with Crippen LogP contribution in [0.2, 0.25) is 0 Å². The van der Waals surface area contributed by atoms with Crippen LogP contribution in [-0.4, -0.2) is 18.4 Å². The molecule has 0 spiro atoms. The second kappa shape index (κ2) is 10.9. The van der Waals surface area contributed by atoms with Crippen molar-refractivity contribution in [1.82, 2.24) is 0 Å². The molecule has 24 heavy (non-hydrogen) atoms. The van der Waals surface area contributed by atoms with Crippen molar-refractivity contribution in [3.05, 3.63) is 0 Å². The molecule has 0 atom stereocenters. The van der Waals surface area contributed by atoms with E-state index in [1.807, 2.05) is 34.6 Å². The third kappa shape index (κ3) is 6.94. The number of esters is 1. The van der Waals surface area contributed by atoms with Gasteiger partial charge in [-0.2, -0.15) is 0 Å². The van der Waals surface area contributed by atoms with Crippen molar-refractivity contribution >= 4 is 11.8 Å². The number of ketones is 1. The lowest BCUT2D eigenvalue weighted by Crippen LogP contribution is -2.34. The number of hydrogen-bond donors (Lipinski definition) is 0. The molecule has 3 heteroatoms. The van der Waals surface area contributed by atoms with Gasteiger partial charge < -0.3 is 4.74 Å². The Kier molecular flexibility index (Phi) is 10.5. The Labute approximate surface area is 149 Å². The Hall–Kier alpha value is -0.860. The zero-order chi connectivity index (χ0) is 18.8. The maximum atomic E-state index is 12.5. The fourth-order valence-electron chi connectivity index (χ4n) is 3.11. The lowest BCUT2D eigenvalue weighted by Gasteiger charge is -2.35. The highest BCUT2D eigenvalue weighted by Crippen LogP contribution is 2.39. The molecule has 0 aromatic rings. The summed E-state index contributed by atoms with van der Waals surface area (Å²) < 4.78 is 5.32. The van der Waals surface area contributed by atoms with E-state index in [2.05, 4.69) is 13.8 Å². The van der Waals surface area contributed by atoms with Gasteiger partial charge in [0, 0.05) is 11.8 Å². The molecule has 0 radical (unpaired) electrons. The van der Waals surface area contributed by atoms with Gasteiger partial charge in [-0.25, -0.2) is 0 Å². The molecule has 3 nitrogen and oxygen atoms in total. The molecule has 0 heterocycles. The number of carbonyl (C=O) groups is 2. The molecule has 0 amide bonds. The second-order valence-electron chi connectivity index (χ2n) is 7.96. The largest absolute Gasteiger partial charge is 0.465 e. The van der Waals surface area contributed by atoms with Crippen LogP contribution in [0.1, 0.15) is 99.8 Å². The van der Waals surface area contributed by atoms with Crippen LogP contribution in [0.4, 0.5) is 0 Å². The van der Waals surface area contributed by atoms with Gasteiger partial charge >= 0.3 is 5.97 Å². The maximum absolute atomic E-state index is 12.5. The minimum absolute atomic E-state index is 0.158. The van der Waals surface area contributed by atoms with Crippen molar-refractivity contribution in [3.63, 3.8) is 0 Å². The van der Waals surface area contributed by atoms with Gasteiger partial charge in [0.1, 0.15) is 5.78 Å². The summed E-state index contributed by atoms with van der Waals surface area (Å²) >= 11 is 0. The fraction of sp³-hybridized carbons (Fsp3) is 0.905. The van der Waals surface area contributed by atoms with E-state index in [0.29, 0.717) is 31.1 Å². The molecule has 1 aliphatic carbocycles. The van der Waals surface area contributed by atoms with Gasteiger partial charge in [0.2, 0.25) is 0 Å². The van der Waals surface area contributed by atoms with Gasteiger partial charge in [-0.1, -0.05) is 53.9 Å². The van der Waals surface area contributed by atoms with Crippen molar-refractivity contribution in [2.45, 2.75) is 99.8 Å². The first-order chi connectivity index (χ1) is 11.2. The summed E-state index contributed by atoms with van der Waals surface area (Å²) in [7, 11) is 0. The fourth-order valence-corrected chi connectivity index (χ4v) is 3.11. The molecular formula is C21H40O3. The van der Waals surface area contributed by atoms with E-state index in [9.17, 15) is 9.59 Å². The lowest BCUT2D eigenvalue weighted by molar-refractivity contribution is -0.154. The minimum atomic E-state index is -0.425. The average molecular weight is 341 g/mol. The Morgan fingerprint density at radius 1 is 1.00 bits per heavy atom. The zero-order valence-electron chi connectivity index (χ0n) is 17.2. The topological polar surface area (TPSA) is 43.4 Å². The number of rotatable bonds is 8. The number of ether oxygens (including phenoxy) is 1. The lowest BCUT2D eigenvalue weighted by atomic mass is 9.68. The molecular weight excluding hydrogens is 300 g/mol. The van der Waals surface area contributed by atoms with Crippen molar-refractivity contribution in [3.8, 4) is 0 Å². The third-order valence-corrected chi connectivity index (χ3v) is 5.56. The number of hydrogen-bond acceptors (Lipinski definition) is 3. The first-order valence-electron chi connectivity index (χ1n) is 9.92. The molecule has 1 rings (SSSR count). The van der Waals surface area contributed by atoms with Crippen LogP contribution in [0.3, 0.4) is 0 Å². The van der Waals surface area contributed by atoms with Crippen molar-refractivity contribution in [2.75, 3.05) is 6.61 Å². The van der Waals surface area contributed by atoms with Gasteiger partial charge in [0.25, 0.3) is 0 Å². The molecule has 0 N–H and O–H groups in total. The quantitative estimate of drug-likeness (QED) is 0.405. The highest BCUT2D eigenvalue weighted by molar-refractivity contribution is 5.84. The van der Waals surface area contributed by atoms with E-state index in [1.165, 1.54) is 32.1 Å². The van der Waals surface area contributed by atoms with Gasteiger partial charge in [-0.3, -0.25) is 9.59 Å². The van der Waals surface area contributed by atoms with Crippen molar-refractivity contribution < 1.29 is 14.3 Å². The highest BCUT2D eigenvalue weighted by Gasteiger charge is 2.36. The van der Waals surface area contributed by atoms with E-state index in [0.717, 1.165) is 6.42 Å². The molecule has 0 bridgehead atoms. The molecule has 1 saturated carbocycles. The van der Waals surface area contributed by atoms with Crippen LogP contribution in [0.15, 0.2) is 0 Å². The summed E-state index contributed by atoms with van der Waals surface area (Å²) in [5.74, 6) is 0.689. The monoisotopic (exact) mass is 340 g/mol. The molecule has 0 aromatic heterocycles. The third-order valence-electron chi connectivity index (χ3n) is 5.56. The summed E-state index contributed by atoms with van der Waals surface area (Å²) in [6, 6.07) is 0. The van der Waals surface area contributed by atoms with Crippen LogP contribution in [-0.2, 0) is 14.3 Å². The average Bonchev–Trinajstić information content (AvgIpc) is 2.60. The van der Waals surface area contributed by atoms with Crippen LogP contribution < -0.4 is 0 Å². The molecule has 1 aliphatic rings. The van der Waals surface area contributed by atoms with Crippen LogP contribution in [0.25, 0.3) is 0 Å². The first-order valence-corrected chi connectivity index (χ1v) is 9.92. The van der Waals surface area contributed by atoms with Crippen LogP contribution in [0, 0.1) is 16.7 Å². The number of Topliss-reactive ketones (excluding diaryl/α,β-unsaturated/α-hetero) is 1. The first kappa shape index (κ1) is 23.1. The number of carbonyl (C=O) groups excluding carboxylic acids is 2. The molecule has 0 saturated heterocycles. The van der Waals surface area contributed by atoms with E-state index in [1.54, 1.807) is 0 Å². The Bertz CT molecular complexity index is 377. The highest BCUT2D eigenvalue weighted by atomic mass is 16.5. The Morgan fingerprint density at radius 2 is 1.54 bits per heavy atom.